The summed E-state index contributed by atoms with van der Waals surface area (Å²) in [5.41, 5.74) is -0.276. The van der Waals surface area contributed by atoms with Gasteiger partial charge >= 0.3 is 6.18 Å². The van der Waals surface area contributed by atoms with Crippen LogP contribution >= 0.6 is 0 Å². The van der Waals surface area contributed by atoms with Crippen molar-refractivity contribution in [3.05, 3.63) is 47.8 Å². The number of rotatable bonds is 5. The molecular weight excluding hydrogens is 385 g/mol. The number of amides is 2. The van der Waals surface area contributed by atoms with Crippen LogP contribution in [0.4, 0.5) is 13.2 Å². The Kier molecular flexibility index (Phi) is 5.95. The topological polar surface area (TPSA) is 67.2 Å². The van der Waals surface area contributed by atoms with Crippen molar-refractivity contribution in [3.8, 4) is 5.69 Å². The zero-order valence-electron chi connectivity index (χ0n) is 16.2. The van der Waals surface area contributed by atoms with Gasteiger partial charge in [0.2, 0.25) is 5.91 Å². The van der Waals surface area contributed by atoms with Gasteiger partial charge in [-0.1, -0.05) is 13.8 Å². The van der Waals surface area contributed by atoms with E-state index in [-0.39, 0.29) is 11.8 Å². The lowest BCUT2D eigenvalue weighted by Gasteiger charge is -2.26. The summed E-state index contributed by atoms with van der Waals surface area (Å²) >= 11 is 0. The minimum atomic E-state index is -4.52. The van der Waals surface area contributed by atoms with E-state index in [0.29, 0.717) is 24.3 Å². The van der Waals surface area contributed by atoms with Gasteiger partial charge in [0.25, 0.3) is 5.91 Å². The van der Waals surface area contributed by atoms with E-state index < -0.39 is 23.8 Å². The van der Waals surface area contributed by atoms with E-state index in [0.717, 1.165) is 23.6 Å². The Hall–Kier alpha value is -2.84. The fourth-order valence-electron chi connectivity index (χ4n) is 3.26. The molecule has 1 aromatic heterocycles. The van der Waals surface area contributed by atoms with Crippen LogP contribution in [-0.2, 0) is 11.0 Å². The molecular formula is C20H23F3N4O2. The average molecular weight is 408 g/mol. The first-order chi connectivity index (χ1) is 13.7. The van der Waals surface area contributed by atoms with E-state index in [4.69, 9.17) is 0 Å². The molecule has 156 valence electrons. The Morgan fingerprint density at radius 3 is 2.21 bits per heavy atom. The summed E-state index contributed by atoms with van der Waals surface area (Å²) < 4.78 is 39.2. The number of nitrogens with one attached hydrogen (secondary N) is 1. The SMILES string of the molecule is CC(C)[C@H](NC(=O)c1ccc(-n2ccc(C(F)(F)F)n2)cc1)C(=O)N1CCCC1. The van der Waals surface area contributed by atoms with Crippen molar-refractivity contribution in [2.45, 2.75) is 38.9 Å². The fraction of sp³-hybridized carbons (Fsp3) is 0.450. The third kappa shape index (κ3) is 4.78. The van der Waals surface area contributed by atoms with Crippen LogP contribution in [0.25, 0.3) is 5.69 Å². The van der Waals surface area contributed by atoms with E-state index >= 15 is 0 Å². The molecule has 0 aliphatic carbocycles. The Labute approximate surface area is 166 Å². The smallest absolute Gasteiger partial charge is 0.341 e. The number of carbonyl (C=O) groups excluding carboxylic acids is 2. The number of carbonyl (C=O) groups is 2. The molecule has 1 aromatic carbocycles. The van der Waals surface area contributed by atoms with Gasteiger partial charge in [-0.3, -0.25) is 9.59 Å². The van der Waals surface area contributed by atoms with Crippen LogP contribution in [0.1, 0.15) is 42.7 Å². The van der Waals surface area contributed by atoms with Crippen molar-refractivity contribution in [3.63, 3.8) is 0 Å². The van der Waals surface area contributed by atoms with Crippen molar-refractivity contribution >= 4 is 11.8 Å². The molecule has 1 aliphatic rings. The quantitative estimate of drug-likeness (QED) is 0.826. The second kappa shape index (κ2) is 8.26. The van der Waals surface area contributed by atoms with Gasteiger partial charge in [0.1, 0.15) is 6.04 Å². The summed E-state index contributed by atoms with van der Waals surface area (Å²) in [7, 11) is 0. The first-order valence-electron chi connectivity index (χ1n) is 9.50. The number of alkyl halides is 3. The van der Waals surface area contributed by atoms with E-state index in [2.05, 4.69) is 10.4 Å². The van der Waals surface area contributed by atoms with Crippen LogP contribution in [0.2, 0.25) is 0 Å². The number of benzene rings is 1. The average Bonchev–Trinajstić information content (AvgIpc) is 3.36. The fourth-order valence-corrected chi connectivity index (χ4v) is 3.26. The van der Waals surface area contributed by atoms with E-state index in [9.17, 15) is 22.8 Å². The molecule has 1 N–H and O–H groups in total. The summed E-state index contributed by atoms with van der Waals surface area (Å²) in [6.07, 6.45) is -1.37. The third-order valence-electron chi connectivity index (χ3n) is 4.91. The Morgan fingerprint density at radius 1 is 1.07 bits per heavy atom. The highest BCUT2D eigenvalue weighted by Crippen LogP contribution is 2.27. The molecule has 2 amide bonds. The largest absolute Gasteiger partial charge is 0.435 e. The molecule has 0 saturated carbocycles. The lowest BCUT2D eigenvalue weighted by Crippen LogP contribution is -2.50. The van der Waals surface area contributed by atoms with Crippen LogP contribution in [0.3, 0.4) is 0 Å². The van der Waals surface area contributed by atoms with E-state index in [1.165, 1.54) is 30.5 Å². The van der Waals surface area contributed by atoms with Crippen LogP contribution in [0.15, 0.2) is 36.5 Å². The van der Waals surface area contributed by atoms with Gasteiger partial charge in [-0.05, 0) is 49.1 Å². The highest BCUT2D eigenvalue weighted by Gasteiger charge is 2.34. The summed E-state index contributed by atoms with van der Waals surface area (Å²) in [6, 6.07) is 6.27. The maximum absolute atomic E-state index is 12.7. The summed E-state index contributed by atoms with van der Waals surface area (Å²) in [5, 5.41) is 6.30. The Morgan fingerprint density at radius 2 is 1.69 bits per heavy atom. The van der Waals surface area contributed by atoms with Crippen molar-refractivity contribution < 1.29 is 22.8 Å². The molecule has 6 nitrogen and oxygen atoms in total. The first-order valence-corrected chi connectivity index (χ1v) is 9.50. The molecule has 1 fully saturated rings. The second-order valence-corrected chi connectivity index (χ2v) is 7.42. The van der Waals surface area contributed by atoms with Crippen LogP contribution in [0.5, 0.6) is 0 Å². The second-order valence-electron chi connectivity index (χ2n) is 7.42. The molecule has 0 spiro atoms. The van der Waals surface area contributed by atoms with Gasteiger partial charge < -0.3 is 10.2 Å². The molecule has 2 aromatic rings. The normalized spacial score (nSPS) is 15.6. The van der Waals surface area contributed by atoms with Gasteiger partial charge in [0.05, 0.1) is 5.69 Å². The summed E-state index contributed by atoms with van der Waals surface area (Å²) in [6.45, 7) is 5.16. The zero-order chi connectivity index (χ0) is 21.2. The van der Waals surface area contributed by atoms with Crippen LogP contribution < -0.4 is 5.32 Å². The van der Waals surface area contributed by atoms with Crippen molar-refractivity contribution in [1.29, 1.82) is 0 Å². The number of hydrogen-bond donors (Lipinski definition) is 1. The molecule has 2 heterocycles. The lowest BCUT2D eigenvalue weighted by atomic mass is 10.0. The van der Waals surface area contributed by atoms with Crippen LogP contribution in [0, 0.1) is 5.92 Å². The zero-order valence-corrected chi connectivity index (χ0v) is 16.2. The predicted molar refractivity (Wildman–Crippen MR) is 100 cm³/mol. The van der Waals surface area contributed by atoms with Gasteiger partial charge in [-0.15, -0.1) is 0 Å². The Balaban J connectivity index is 1.70. The molecule has 1 aliphatic heterocycles. The third-order valence-corrected chi connectivity index (χ3v) is 4.91. The van der Waals surface area contributed by atoms with Crippen molar-refractivity contribution in [1.82, 2.24) is 20.0 Å². The number of likely N-dealkylation sites (tertiary alicyclic amines) is 1. The van der Waals surface area contributed by atoms with Crippen molar-refractivity contribution in [2.24, 2.45) is 5.92 Å². The minimum absolute atomic E-state index is 0.0730. The van der Waals surface area contributed by atoms with Gasteiger partial charge in [-0.25, -0.2) is 4.68 Å². The summed E-state index contributed by atoms with van der Waals surface area (Å²) in [4.78, 5) is 27.1. The first kappa shape index (κ1) is 20.9. The van der Waals surface area contributed by atoms with Gasteiger partial charge in [0, 0.05) is 24.8 Å². The Bertz CT molecular complexity index is 869. The van der Waals surface area contributed by atoms with E-state index in [1.54, 1.807) is 4.90 Å². The van der Waals surface area contributed by atoms with Gasteiger partial charge in [-0.2, -0.15) is 18.3 Å². The monoisotopic (exact) mass is 408 g/mol. The number of aromatic nitrogens is 2. The van der Waals surface area contributed by atoms with Crippen LogP contribution in [-0.4, -0.2) is 45.6 Å². The maximum Gasteiger partial charge on any atom is 0.435 e. The molecule has 29 heavy (non-hydrogen) atoms. The standard InChI is InChI=1S/C20H23F3N4O2/c1-13(2)17(19(29)26-10-3-4-11-26)24-18(28)14-5-7-15(8-6-14)27-12-9-16(25-27)20(21,22)23/h5-9,12-13,17H,3-4,10-11H2,1-2H3,(H,24,28)/t17-/m0/s1. The lowest BCUT2D eigenvalue weighted by molar-refractivity contribution is -0.141. The number of nitrogens with zero attached hydrogens (tertiary/aromatic N) is 3. The van der Waals surface area contributed by atoms with E-state index in [1.807, 2.05) is 13.8 Å². The predicted octanol–water partition coefficient (Wildman–Crippen LogP) is 3.27. The molecule has 0 unspecified atom stereocenters. The number of hydrogen-bond acceptors (Lipinski definition) is 3. The highest BCUT2D eigenvalue weighted by molar-refractivity contribution is 5.97. The maximum atomic E-state index is 12.7. The van der Waals surface area contributed by atoms with Crippen molar-refractivity contribution in [2.75, 3.05) is 13.1 Å². The summed E-state index contributed by atoms with van der Waals surface area (Å²) in [5.74, 6) is -0.561. The molecule has 0 bridgehead atoms. The molecule has 1 saturated heterocycles. The minimum Gasteiger partial charge on any atom is -0.341 e. The number of halogens is 3. The highest BCUT2D eigenvalue weighted by atomic mass is 19.4. The molecule has 9 heteroatoms. The molecule has 1 atom stereocenters. The molecule has 3 rings (SSSR count). The molecule has 0 radical (unpaired) electrons. The van der Waals surface area contributed by atoms with Gasteiger partial charge in [0.15, 0.2) is 5.69 Å².